The van der Waals surface area contributed by atoms with Crippen LogP contribution >= 0.6 is 0 Å². The van der Waals surface area contributed by atoms with Crippen LogP contribution in [0.5, 0.6) is 5.75 Å². The van der Waals surface area contributed by atoms with Gasteiger partial charge in [-0.2, -0.15) is 0 Å². The van der Waals surface area contributed by atoms with E-state index in [1.807, 2.05) is 19.1 Å². The fourth-order valence-electron chi connectivity index (χ4n) is 2.37. The van der Waals surface area contributed by atoms with Crippen LogP contribution in [-0.2, 0) is 16.4 Å². The number of ether oxygens (including phenoxy) is 1. The lowest BCUT2D eigenvalue weighted by Gasteiger charge is -2.16. The molecule has 5 nitrogen and oxygen atoms in total. The standard InChI is InChI=1S/C19H23NO4S/c1-6-15-7-9-17(10-8-15)24-19(21)16-11-13(2)14(3)18(12-16)25(22,23)20(4)5/h7-12H,6H2,1-5H3. The number of rotatable bonds is 5. The molecule has 2 rings (SSSR count). The molecule has 0 aromatic heterocycles. The Labute approximate surface area is 149 Å². The van der Waals surface area contributed by atoms with Crippen LogP contribution in [0.3, 0.4) is 0 Å². The largest absolute Gasteiger partial charge is 0.423 e. The smallest absolute Gasteiger partial charge is 0.343 e. The maximum absolute atomic E-state index is 12.5. The number of hydrogen-bond donors (Lipinski definition) is 0. The molecule has 0 amide bonds. The van der Waals surface area contributed by atoms with Crippen LogP contribution in [0, 0.1) is 13.8 Å². The fraction of sp³-hybridized carbons (Fsp3) is 0.316. The van der Waals surface area contributed by atoms with E-state index in [1.54, 1.807) is 32.0 Å². The van der Waals surface area contributed by atoms with Crippen LogP contribution in [-0.4, -0.2) is 32.8 Å². The Bertz CT molecular complexity index is 884. The average Bonchev–Trinajstić information content (AvgIpc) is 2.57. The molecule has 0 unspecified atom stereocenters. The Morgan fingerprint density at radius 2 is 1.68 bits per heavy atom. The van der Waals surface area contributed by atoms with Crippen LogP contribution in [0.1, 0.15) is 34.0 Å². The van der Waals surface area contributed by atoms with Gasteiger partial charge < -0.3 is 4.74 Å². The zero-order valence-corrected chi connectivity index (χ0v) is 16.0. The molecule has 0 bridgehead atoms. The number of benzene rings is 2. The van der Waals surface area contributed by atoms with Gasteiger partial charge in [0.15, 0.2) is 0 Å². The Morgan fingerprint density at radius 3 is 2.20 bits per heavy atom. The van der Waals surface area contributed by atoms with Gasteiger partial charge in [0.25, 0.3) is 0 Å². The van der Waals surface area contributed by atoms with Crippen LogP contribution < -0.4 is 4.74 Å². The second kappa shape index (κ2) is 7.37. The number of esters is 1. The molecular formula is C19H23NO4S. The number of carbonyl (C=O) groups excluding carboxylic acids is 1. The topological polar surface area (TPSA) is 63.7 Å². The summed E-state index contributed by atoms with van der Waals surface area (Å²) in [6.07, 6.45) is 0.900. The van der Waals surface area contributed by atoms with Gasteiger partial charge in [-0.25, -0.2) is 17.5 Å². The minimum Gasteiger partial charge on any atom is -0.423 e. The summed E-state index contributed by atoms with van der Waals surface area (Å²) in [6.45, 7) is 5.55. The lowest BCUT2D eigenvalue weighted by Crippen LogP contribution is -2.24. The number of nitrogens with zero attached hydrogens (tertiary/aromatic N) is 1. The molecule has 0 aliphatic carbocycles. The molecule has 25 heavy (non-hydrogen) atoms. The molecule has 0 radical (unpaired) electrons. The molecule has 0 aliphatic heterocycles. The maximum atomic E-state index is 12.5. The van der Waals surface area contributed by atoms with E-state index in [0.717, 1.165) is 21.9 Å². The van der Waals surface area contributed by atoms with Gasteiger partial charge >= 0.3 is 5.97 Å². The van der Waals surface area contributed by atoms with Crippen molar-refractivity contribution in [2.45, 2.75) is 32.1 Å². The summed E-state index contributed by atoms with van der Waals surface area (Å²) in [5, 5.41) is 0. The molecule has 0 atom stereocenters. The van der Waals surface area contributed by atoms with E-state index in [9.17, 15) is 13.2 Å². The SMILES string of the molecule is CCc1ccc(OC(=O)c2cc(C)c(C)c(S(=O)(=O)N(C)C)c2)cc1. The number of sulfonamides is 1. The molecule has 0 saturated heterocycles. The van der Waals surface area contributed by atoms with Crippen molar-refractivity contribution in [3.63, 3.8) is 0 Å². The summed E-state index contributed by atoms with van der Waals surface area (Å²) in [4.78, 5) is 12.6. The van der Waals surface area contributed by atoms with Gasteiger partial charge in [-0.1, -0.05) is 19.1 Å². The van der Waals surface area contributed by atoms with Gasteiger partial charge in [0.1, 0.15) is 5.75 Å². The van der Waals surface area contributed by atoms with Crippen LogP contribution in [0.4, 0.5) is 0 Å². The second-order valence-corrected chi connectivity index (χ2v) is 8.21. The fourth-order valence-corrected chi connectivity index (χ4v) is 3.59. The monoisotopic (exact) mass is 361 g/mol. The van der Waals surface area contributed by atoms with Gasteiger partial charge in [0, 0.05) is 14.1 Å². The summed E-state index contributed by atoms with van der Waals surface area (Å²) in [5.74, 6) is -0.153. The van der Waals surface area contributed by atoms with Gasteiger partial charge in [-0.05, 0) is 61.2 Å². The molecule has 0 N–H and O–H groups in total. The number of aryl methyl sites for hydroxylation is 2. The van der Waals surface area contributed by atoms with Crippen molar-refractivity contribution in [3.05, 3.63) is 58.7 Å². The highest BCUT2D eigenvalue weighted by atomic mass is 32.2. The first-order valence-corrected chi connectivity index (χ1v) is 9.45. The highest BCUT2D eigenvalue weighted by Crippen LogP contribution is 2.24. The van der Waals surface area contributed by atoms with Crippen molar-refractivity contribution in [3.8, 4) is 5.75 Å². The minimum atomic E-state index is -3.64. The van der Waals surface area contributed by atoms with Gasteiger partial charge in [0.2, 0.25) is 10.0 Å². The molecule has 6 heteroatoms. The van der Waals surface area contributed by atoms with Crippen LogP contribution in [0.2, 0.25) is 0 Å². The first-order chi connectivity index (χ1) is 11.7. The molecular weight excluding hydrogens is 338 g/mol. The zero-order valence-electron chi connectivity index (χ0n) is 15.2. The molecule has 134 valence electrons. The Balaban J connectivity index is 2.38. The minimum absolute atomic E-state index is 0.116. The van der Waals surface area contributed by atoms with Crippen molar-refractivity contribution in [2.24, 2.45) is 0 Å². The van der Waals surface area contributed by atoms with Crippen LogP contribution in [0.15, 0.2) is 41.3 Å². The Kier molecular flexibility index (Phi) is 5.65. The summed E-state index contributed by atoms with van der Waals surface area (Å²) >= 11 is 0. The van der Waals surface area contributed by atoms with E-state index in [4.69, 9.17) is 4.74 Å². The Hall–Kier alpha value is -2.18. The van der Waals surface area contributed by atoms with E-state index in [1.165, 1.54) is 20.2 Å². The lowest BCUT2D eigenvalue weighted by atomic mass is 10.1. The van der Waals surface area contributed by atoms with Crippen molar-refractivity contribution in [1.29, 1.82) is 0 Å². The highest BCUT2D eigenvalue weighted by Gasteiger charge is 2.23. The van der Waals surface area contributed by atoms with Crippen molar-refractivity contribution in [1.82, 2.24) is 4.31 Å². The summed E-state index contributed by atoms with van der Waals surface area (Å²) in [5.41, 5.74) is 2.70. The van der Waals surface area contributed by atoms with Gasteiger partial charge in [-0.3, -0.25) is 0 Å². The first kappa shape index (κ1) is 19.1. The van der Waals surface area contributed by atoms with Crippen molar-refractivity contribution in [2.75, 3.05) is 14.1 Å². The predicted octanol–water partition coefficient (Wildman–Crippen LogP) is 3.34. The Morgan fingerprint density at radius 1 is 1.08 bits per heavy atom. The van der Waals surface area contributed by atoms with E-state index in [2.05, 4.69) is 0 Å². The average molecular weight is 361 g/mol. The maximum Gasteiger partial charge on any atom is 0.343 e. The van der Waals surface area contributed by atoms with E-state index >= 15 is 0 Å². The third-order valence-corrected chi connectivity index (χ3v) is 6.10. The lowest BCUT2D eigenvalue weighted by molar-refractivity contribution is 0.0734. The summed E-state index contributed by atoms with van der Waals surface area (Å²) in [6, 6.07) is 10.3. The van der Waals surface area contributed by atoms with Crippen molar-refractivity contribution >= 4 is 16.0 Å². The van der Waals surface area contributed by atoms with Gasteiger partial charge in [-0.15, -0.1) is 0 Å². The van der Waals surface area contributed by atoms with Crippen molar-refractivity contribution < 1.29 is 17.9 Å². The highest BCUT2D eigenvalue weighted by molar-refractivity contribution is 7.89. The molecule has 0 fully saturated rings. The quantitative estimate of drug-likeness (QED) is 0.605. The summed E-state index contributed by atoms with van der Waals surface area (Å²) in [7, 11) is -0.717. The third kappa shape index (κ3) is 4.08. The molecule has 2 aromatic rings. The van der Waals surface area contributed by atoms with E-state index in [-0.39, 0.29) is 10.5 Å². The van der Waals surface area contributed by atoms with Crippen LogP contribution in [0.25, 0.3) is 0 Å². The molecule has 0 heterocycles. The predicted molar refractivity (Wildman–Crippen MR) is 97.6 cm³/mol. The van der Waals surface area contributed by atoms with E-state index in [0.29, 0.717) is 11.3 Å². The third-order valence-electron chi connectivity index (χ3n) is 4.16. The normalized spacial score (nSPS) is 11.6. The zero-order chi connectivity index (χ0) is 18.8. The number of carbonyl (C=O) groups is 1. The molecule has 0 aliphatic rings. The molecule has 2 aromatic carbocycles. The number of hydrogen-bond acceptors (Lipinski definition) is 4. The summed E-state index contributed by atoms with van der Waals surface area (Å²) < 4.78 is 31.5. The molecule has 0 saturated carbocycles. The molecule has 0 spiro atoms. The van der Waals surface area contributed by atoms with Gasteiger partial charge in [0.05, 0.1) is 10.5 Å². The second-order valence-electron chi connectivity index (χ2n) is 6.09. The first-order valence-electron chi connectivity index (χ1n) is 8.01. The van der Waals surface area contributed by atoms with E-state index < -0.39 is 16.0 Å².